The van der Waals surface area contributed by atoms with Gasteiger partial charge in [0.05, 0.1) is 58.8 Å². The number of ether oxygens (including phenoxy) is 4. The zero-order valence-corrected chi connectivity index (χ0v) is 29.6. The number of nitrogens with one attached hydrogen (secondary N) is 1. The third kappa shape index (κ3) is 20.3. The summed E-state index contributed by atoms with van der Waals surface area (Å²) in [5.41, 5.74) is -1.27. The van der Waals surface area contributed by atoms with Crippen molar-refractivity contribution in [2.24, 2.45) is 11.8 Å². The van der Waals surface area contributed by atoms with Crippen LogP contribution in [0.4, 0.5) is 0 Å². The minimum absolute atomic E-state index is 0.0352. The molecule has 0 aromatic heterocycles. The van der Waals surface area contributed by atoms with Gasteiger partial charge in [-0.3, -0.25) is 24.1 Å². The first-order chi connectivity index (χ1) is 20.6. The molecule has 11 nitrogen and oxygen atoms in total. The molecule has 0 aromatic rings. The molecular weight excluding hydrogens is 568 g/mol. The molecule has 44 heavy (non-hydrogen) atoms. The second kappa shape index (κ2) is 24.5. The number of ketones is 3. The van der Waals surface area contributed by atoms with Gasteiger partial charge in [-0.1, -0.05) is 41.5 Å². The van der Waals surface area contributed by atoms with Crippen molar-refractivity contribution in [3.05, 3.63) is 0 Å². The molecule has 0 aliphatic carbocycles. The summed E-state index contributed by atoms with van der Waals surface area (Å²) in [7, 11) is 3.03. The molecule has 0 aliphatic heterocycles. The summed E-state index contributed by atoms with van der Waals surface area (Å²) in [4.78, 5) is 51.5. The van der Waals surface area contributed by atoms with Gasteiger partial charge in [-0.25, -0.2) is 0 Å². The fourth-order valence-corrected chi connectivity index (χ4v) is 3.87. The molecule has 2 N–H and O–H groups in total. The first-order valence-electron chi connectivity index (χ1n) is 16.0. The van der Waals surface area contributed by atoms with E-state index in [4.69, 9.17) is 24.1 Å². The van der Waals surface area contributed by atoms with Gasteiger partial charge in [-0.05, 0) is 34.4 Å². The van der Waals surface area contributed by atoms with Gasteiger partial charge in [-0.15, -0.1) is 0 Å². The van der Waals surface area contributed by atoms with E-state index in [2.05, 4.69) is 31.0 Å². The number of aliphatic hydroxyl groups is 1. The number of carbonyl (C=O) groups excluding carboxylic acids is 4. The van der Waals surface area contributed by atoms with E-state index in [1.165, 1.54) is 0 Å². The molecule has 0 saturated heterocycles. The summed E-state index contributed by atoms with van der Waals surface area (Å²) in [6.45, 7) is 19.3. The number of amides is 1. The molecule has 0 saturated carbocycles. The number of aliphatic hydroxyl groups excluding tert-OH is 1. The topological polar surface area (TPSA) is 141 Å². The van der Waals surface area contributed by atoms with Gasteiger partial charge in [0.2, 0.25) is 5.91 Å². The predicted molar refractivity (Wildman–Crippen MR) is 173 cm³/mol. The fourth-order valence-electron chi connectivity index (χ4n) is 3.87. The van der Waals surface area contributed by atoms with Crippen molar-refractivity contribution in [3.8, 4) is 0 Å². The third-order valence-electron chi connectivity index (χ3n) is 7.43. The van der Waals surface area contributed by atoms with E-state index >= 15 is 0 Å². The lowest BCUT2D eigenvalue weighted by atomic mass is 10.0. The molecule has 0 spiro atoms. The molecule has 260 valence electrons. The van der Waals surface area contributed by atoms with Crippen LogP contribution in [0, 0.1) is 11.8 Å². The average Bonchev–Trinajstić information content (AvgIpc) is 2.98. The second-order valence-electron chi connectivity index (χ2n) is 12.5. The number of rotatable bonds is 26. The monoisotopic (exact) mass is 632 g/mol. The molecule has 0 rings (SSSR count). The van der Waals surface area contributed by atoms with Gasteiger partial charge >= 0.3 is 0 Å². The summed E-state index contributed by atoms with van der Waals surface area (Å²) in [6.07, 6.45) is 0.965. The Balaban J connectivity index is 0. The zero-order valence-electron chi connectivity index (χ0n) is 29.6. The highest BCUT2D eigenvalue weighted by molar-refractivity contribution is 5.80. The lowest BCUT2D eigenvalue weighted by molar-refractivity contribution is -0.133. The molecule has 0 fully saturated rings. The Hall–Kier alpha value is -1.76. The summed E-state index contributed by atoms with van der Waals surface area (Å²) < 4.78 is 23.7. The normalized spacial score (nSPS) is 12.7. The molecule has 0 aromatic carbocycles. The molecule has 0 aliphatic rings. The summed E-state index contributed by atoms with van der Waals surface area (Å²) in [6, 6.07) is 0. The van der Waals surface area contributed by atoms with E-state index < -0.39 is 5.54 Å². The van der Waals surface area contributed by atoms with Crippen molar-refractivity contribution in [1.29, 1.82) is 0 Å². The number of hydrogen-bond acceptors (Lipinski definition) is 10. The molecule has 0 radical (unpaired) electrons. The van der Waals surface area contributed by atoms with Crippen molar-refractivity contribution < 1.29 is 43.2 Å². The van der Waals surface area contributed by atoms with Crippen molar-refractivity contribution >= 4 is 23.3 Å². The predicted octanol–water partition coefficient (Wildman–Crippen LogP) is 3.62. The molecule has 1 atom stereocenters. The van der Waals surface area contributed by atoms with Crippen LogP contribution >= 0.6 is 0 Å². The zero-order chi connectivity index (χ0) is 34.3. The standard InChI is InChI=1S/C32H60N2O8.CH4O/c1-11-27(35)13-16-39-21-32(22-40-17-14-28(36)24(3)4,23-41-18-15-29(37)25(5)6)33-30(38)19-26(7)42-20-31(8,9)34(10)12-2;1-2/h24-26H,11-23H2,1-10H3,(H,33,38);2H,1H3. The molecule has 1 unspecified atom stereocenters. The number of carbonyl (C=O) groups is 4. The SMILES string of the molecule is CCC(=O)CCOCC(COCCC(=O)C(C)C)(COCCC(=O)C(C)C)NC(=O)CC(C)OCC(C)(C)N(C)CC.CO. The molecule has 11 heteroatoms. The van der Waals surface area contributed by atoms with Gasteiger partial charge in [0.25, 0.3) is 0 Å². The van der Waals surface area contributed by atoms with Gasteiger partial charge in [0.1, 0.15) is 22.9 Å². The highest BCUT2D eigenvalue weighted by Crippen LogP contribution is 2.16. The van der Waals surface area contributed by atoms with Gasteiger partial charge in [0.15, 0.2) is 0 Å². The van der Waals surface area contributed by atoms with E-state index in [9.17, 15) is 19.2 Å². The maximum absolute atomic E-state index is 13.3. The van der Waals surface area contributed by atoms with Crippen molar-refractivity contribution in [2.75, 3.05) is 67.0 Å². The first kappa shape index (κ1) is 44.4. The third-order valence-corrected chi connectivity index (χ3v) is 7.43. The van der Waals surface area contributed by atoms with E-state index in [0.717, 1.165) is 13.7 Å². The van der Waals surface area contributed by atoms with E-state index in [1.807, 2.05) is 41.7 Å². The Morgan fingerprint density at radius 1 is 0.750 bits per heavy atom. The van der Waals surface area contributed by atoms with Crippen LogP contribution in [0.3, 0.4) is 0 Å². The smallest absolute Gasteiger partial charge is 0.223 e. The summed E-state index contributed by atoms with van der Waals surface area (Å²) in [5, 5.41) is 10.1. The molecular formula is C33H64N2O9. The fraction of sp³-hybridized carbons (Fsp3) is 0.879. The van der Waals surface area contributed by atoms with E-state index in [1.54, 1.807) is 6.92 Å². The van der Waals surface area contributed by atoms with Gasteiger partial charge in [-0.2, -0.15) is 0 Å². The second-order valence-corrected chi connectivity index (χ2v) is 12.5. The van der Waals surface area contributed by atoms with Crippen LogP contribution in [0.2, 0.25) is 0 Å². The van der Waals surface area contributed by atoms with Crippen LogP contribution in [-0.2, 0) is 38.1 Å². The molecule has 1 amide bonds. The highest BCUT2D eigenvalue weighted by atomic mass is 16.5. The average molecular weight is 633 g/mol. The number of likely N-dealkylation sites (N-methyl/N-ethyl adjacent to an activating group) is 1. The van der Waals surface area contributed by atoms with Crippen LogP contribution in [-0.4, -0.2) is 117 Å². The Morgan fingerprint density at radius 2 is 1.18 bits per heavy atom. The van der Waals surface area contributed by atoms with Crippen LogP contribution in [0.5, 0.6) is 0 Å². The van der Waals surface area contributed by atoms with Crippen molar-refractivity contribution in [1.82, 2.24) is 10.2 Å². The first-order valence-corrected chi connectivity index (χ1v) is 16.0. The number of Topliss-reactive ketones (excluding diaryl/α,β-unsaturated/α-hetero) is 3. The Bertz CT molecular complexity index is 787. The molecule has 0 heterocycles. The summed E-state index contributed by atoms with van der Waals surface area (Å²) >= 11 is 0. The number of nitrogens with zero attached hydrogens (tertiary/aromatic N) is 1. The van der Waals surface area contributed by atoms with E-state index in [-0.39, 0.29) is 112 Å². The van der Waals surface area contributed by atoms with Crippen LogP contribution in [0.25, 0.3) is 0 Å². The van der Waals surface area contributed by atoms with E-state index in [0.29, 0.717) is 13.0 Å². The van der Waals surface area contributed by atoms with Crippen LogP contribution in [0.1, 0.15) is 94.4 Å². The van der Waals surface area contributed by atoms with Crippen molar-refractivity contribution in [2.45, 2.75) is 112 Å². The highest BCUT2D eigenvalue weighted by Gasteiger charge is 2.35. The largest absolute Gasteiger partial charge is 0.400 e. The Kier molecular flexibility index (Phi) is 24.7. The number of hydrogen-bond donors (Lipinski definition) is 2. The molecule has 0 bridgehead atoms. The van der Waals surface area contributed by atoms with Crippen molar-refractivity contribution in [3.63, 3.8) is 0 Å². The summed E-state index contributed by atoms with van der Waals surface area (Å²) in [5.74, 6) is -0.193. The maximum atomic E-state index is 13.3. The van der Waals surface area contributed by atoms with Gasteiger partial charge < -0.3 is 29.4 Å². The minimum atomic E-state index is -1.09. The lowest BCUT2D eigenvalue weighted by Crippen LogP contribution is -2.59. The van der Waals surface area contributed by atoms with Gasteiger partial charge in [0, 0.05) is 50.2 Å². The lowest BCUT2D eigenvalue weighted by Gasteiger charge is -2.36. The quantitative estimate of drug-likeness (QED) is 0.136. The Labute approximate surface area is 267 Å². The van der Waals surface area contributed by atoms with Crippen LogP contribution in [0.15, 0.2) is 0 Å². The Morgan fingerprint density at radius 3 is 1.57 bits per heavy atom. The van der Waals surface area contributed by atoms with Crippen LogP contribution < -0.4 is 5.32 Å². The maximum Gasteiger partial charge on any atom is 0.223 e. The minimum Gasteiger partial charge on any atom is -0.400 e.